The summed E-state index contributed by atoms with van der Waals surface area (Å²) >= 11 is 0. The third-order valence-corrected chi connectivity index (χ3v) is 6.42. The first-order valence-electron chi connectivity index (χ1n) is 11.3. The fraction of sp³-hybridized carbons (Fsp3) is 0.222. The number of anilines is 1. The highest BCUT2D eigenvalue weighted by Gasteiger charge is 2.54. The molecule has 3 amide bonds. The van der Waals surface area contributed by atoms with Crippen LogP contribution in [0.15, 0.2) is 73.1 Å². The van der Waals surface area contributed by atoms with Crippen LogP contribution in [0.2, 0.25) is 0 Å². The number of fused-ring (bicyclic) bond motifs is 1. The molecule has 3 aromatic rings. The number of pyridine rings is 1. The van der Waals surface area contributed by atoms with Gasteiger partial charge in [0.1, 0.15) is 12.4 Å². The van der Waals surface area contributed by atoms with Gasteiger partial charge in [-0.2, -0.15) is 0 Å². The maximum atomic E-state index is 13.5. The molecule has 1 aromatic heterocycles. The van der Waals surface area contributed by atoms with Crippen LogP contribution in [0.5, 0.6) is 0 Å². The SMILES string of the molecule is O=C(Nc1cccc(F)c1)N1CC(=O)N2[C@H](CO)[C@H](c3ccc(C#Cc4cccnc4)cc3)[C@H]2C1. The Morgan fingerprint density at radius 2 is 1.91 bits per heavy atom. The fourth-order valence-electron chi connectivity index (χ4n) is 4.79. The summed E-state index contributed by atoms with van der Waals surface area (Å²) in [5.41, 5.74) is 2.96. The zero-order chi connectivity index (χ0) is 24.4. The van der Waals surface area contributed by atoms with Gasteiger partial charge >= 0.3 is 6.03 Å². The van der Waals surface area contributed by atoms with E-state index in [2.05, 4.69) is 22.1 Å². The lowest BCUT2D eigenvalue weighted by Gasteiger charge is -2.58. The minimum Gasteiger partial charge on any atom is -0.394 e. The Labute approximate surface area is 202 Å². The van der Waals surface area contributed by atoms with Crippen molar-refractivity contribution in [2.45, 2.75) is 18.0 Å². The van der Waals surface area contributed by atoms with E-state index in [0.29, 0.717) is 12.2 Å². The molecule has 7 nitrogen and oxygen atoms in total. The number of nitrogens with zero attached hydrogens (tertiary/aromatic N) is 3. The molecule has 35 heavy (non-hydrogen) atoms. The molecule has 3 atom stereocenters. The topological polar surface area (TPSA) is 85.8 Å². The second-order valence-corrected chi connectivity index (χ2v) is 8.58. The van der Waals surface area contributed by atoms with Gasteiger partial charge in [0.25, 0.3) is 0 Å². The molecule has 0 spiro atoms. The van der Waals surface area contributed by atoms with Crippen molar-refractivity contribution in [2.24, 2.45) is 0 Å². The van der Waals surface area contributed by atoms with Gasteiger partial charge in [-0.15, -0.1) is 0 Å². The summed E-state index contributed by atoms with van der Waals surface area (Å²) in [5, 5.41) is 12.6. The maximum Gasteiger partial charge on any atom is 0.322 e. The molecule has 0 bridgehead atoms. The average Bonchev–Trinajstić information content (AvgIpc) is 2.85. The third kappa shape index (κ3) is 4.59. The Bertz CT molecular complexity index is 1300. The fourth-order valence-corrected chi connectivity index (χ4v) is 4.79. The summed E-state index contributed by atoms with van der Waals surface area (Å²) in [7, 11) is 0. The first kappa shape index (κ1) is 22.6. The normalized spacial score (nSPS) is 20.9. The summed E-state index contributed by atoms with van der Waals surface area (Å²) < 4.78 is 13.5. The van der Waals surface area contributed by atoms with Gasteiger partial charge in [-0.05, 0) is 48.0 Å². The van der Waals surface area contributed by atoms with Crippen molar-refractivity contribution >= 4 is 17.6 Å². The van der Waals surface area contributed by atoms with Gasteiger partial charge in [-0.1, -0.05) is 30.0 Å². The van der Waals surface area contributed by atoms with Crippen LogP contribution in [0.25, 0.3) is 0 Å². The van der Waals surface area contributed by atoms with Crippen molar-refractivity contribution in [3.63, 3.8) is 0 Å². The second-order valence-electron chi connectivity index (χ2n) is 8.58. The number of carbonyl (C=O) groups is 2. The van der Waals surface area contributed by atoms with Crippen LogP contribution in [0.1, 0.15) is 22.6 Å². The van der Waals surface area contributed by atoms with Crippen LogP contribution < -0.4 is 5.32 Å². The average molecular weight is 471 g/mol. The predicted molar refractivity (Wildman–Crippen MR) is 128 cm³/mol. The summed E-state index contributed by atoms with van der Waals surface area (Å²) in [6, 6.07) is 16.0. The van der Waals surface area contributed by atoms with E-state index in [4.69, 9.17) is 0 Å². The van der Waals surface area contributed by atoms with Crippen LogP contribution in [-0.4, -0.2) is 63.6 Å². The standard InChI is InChI=1S/C27H23FN4O3/c28-21-4-1-5-22(13-21)30-27(35)31-15-23-26(24(17-33)32(23)25(34)16-31)20-10-8-18(9-11-20)6-7-19-3-2-12-29-14-19/h1-5,8-14,23-24,26,33H,15-17H2,(H,30,35)/t23-,24-,26-/m1/s1. The van der Waals surface area contributed by atoms with Gasteiger partial charge in [-0.3, -0.25) is 9.78 Å². The van der Waals surface area contributed by atoms with Gasteiger partial charge in [0.05, 0.1) is 18.7 Å². The van der Waals surface area contributed by atoms with E-state index in [9.17, 15) is 19.1 Å². The first-order chi connectivity index (χ1) is 17.0. The zero-order valence-electron chi connectivity index (χ0n) is 18.8. The van der Waals surface area contributed by atoms with Crippen molar-refractivity contribution in [1.29, 1.82) is 0 Å². The molecule has 0 unspecified atom stereocenters. The number of piperazine rings is 1. The van der Waals surface area contributed by atoms with Crippen LogP contribution in [0, 0.1) is 17.7 Å². The second kappa shape index (κ2) is 9.57. The minimum absolute atomic E-state index is 0.0935. The van der Waals surface area contributed by atoms with Crippen molar-refractivity contribution in [3.8, 4) is 11.8 Å². The molecule has 3 heterocycles. The molecule has 2 fully saturated rings. The van der Waals surface area contributed by atoms with Crippen LogP contribution in [0.4, 0.5) is 14.9 Å². The Balaban J connectivity index is 1.31. The Hall–Kier alpha value is -4.22. The number of rotatable bonds is 3. The van der Waals surface area contributed by atoms with E-state index < -0.39 is 11.8 Å². The molecule has 0 radical (unpaired) electrons. The van der Waals surface area contributed by atoms with Crippen molar-refractivity contribution < 1.29 is 19.1 Å². The molecule has 2 N–H and O–H groups in total. The maximum absolute atomic E-state index is 13.5. The Kier molecular flexibility index (Phi) is 6.17. The number of amides is 3. The van der Waals surface area contributed by atoms with Gasteiger partial charge in [0.15, 0.2) is 0 Å². The molecule has 2 saturated heterocycles. The van der Waals surface area contributed by atoms with Crippen molar-refractivity contribution in [1.82, 2.24) is 14.8 Å². The summed E-state index contributed by atoms with van der Waals surface area (Å²) in [6.45, 7) is 0.0608. The highest BCUT2D eigenvalue weighted by atomic mass is 19.1. The number of aliphatic hydroxyl groups excluding tert-OH is 1. The minimum atomic E-state index is -0.462. The lowest BCUT2D eigenvalue weighted by Crippen LogP contribution is -2.73. The summed E-state index contributed by atoms with van der Waals surface area (Å²) in [5.74, 6) is 5.39. The lowest BCUT2D eigenvalue weighted by molar-refractivity contribution is -0.159. The van der Waals surface area contributed by atoms with Crippen LogP contribution >= 0.6 is 0 Å². The number of nitrogens with one attached hydrogen (secondary N) is 1. The van der Waals surface area contributed by atoms with E-state index in [1.165, 1.54) is 23.1 Å². The molecule has 2 aliphatic rings. The number of halogens is 1. The highest BCUT2D eigenvalue weighted by Crippen LogP contribution is 2.43. The Morgan fingerprint density at radius 1 is 1.11 bits per heavy atom. The number of benzene rings is 2. The number of hydrogen-bond acceptors (Lipinski definition) is 4. The van der Waals surface area contributed by atoms with E-state index in [1.807, 2.05) is 36.4 Å². The molecule has 176 valence electrons. The van der Waals surface area contributed by atoms with E-state index >= 15 is 0 Å². The van der Waals surface area contributed by atoms with Crippen LogP contribution in [-0.2, 0) is 4.79 Å². The number of hydrogen-bond donors (Lipinski definition) is 2. The van der Waals surface area contributed by atoms with E-state index in [1.54, 1.807) is 23.4 Å². The zero-order valence-corrected chi connectivity index (χ0v) is 18.8. The summed E-state index contributed by atoms with van der Waals surface area (Å²) in [6.07, 6.45) is 3.40. The van der Waals surface area contributed by atoms with Gasteiger partial charge in [0.2, 0.25) is 5.91 Å². The van der Waals surface area contributed by atoms with Crippen molar-refractivity contribution in [3.05, 3.63) is 95.6 Å². The molecular formula is C27H23FN4O3. The monoisotopic (exact) mass is 470 g/mol. The molecule has 0 saturated carbocycles. The van der Waals surface area contributed by atoms with E-state index in [-0.39, 0.29) is 37.1 Å². The smallest absolute Gasteiger partial charge is 0.322 e. The number of aliphatic hydroxyl groups is 1. The quantitative estimate of drug-likeness (QED) is 0.577. The highest BCUT2D eigenvalue weighted by molar-refractivity contribution is 5.93. The van der Waals surface area contributed by atoms with Crippen LogP contribution in [0.3, 0.4) is 0 Å². The third-order valence-electron chi connectivity index (χ3n) is 6.42. The number of aromatic nitrogens is 1. The van der Waals surface area contributed by atoms with Gasteiger partial charge in [-0.25, -0.2) is 9.18 Å². The molecule has 2 aromatic carbocycles. The van der Waals surface area contributed by atoms with Gasteiger partial charge in [0, 0.05) is 41.7 Å². The molecule has 2 aliphatic heterocycles. The lowest BCUT2D eigenvalue weighted by atomic mass is 9.73. The largest absolute Gasteiger partial charge is 0.394 e. The molecule has 8 heteroatoms. The molecule has 0 aliphatic carbocycles. The van der Waals surface area contributed by atoms with Crippen molar-refractivity contribution in [2.75, 3.05) is 25.0 Å². The number of urea groups is 1. The number of carbonyl (C=O) groups excluding carboxylic acids is 2. The Morgan fingerprint density at radius 3 is 2.63 bits per heavy atom. The molecule has 5 rings (SSSR count). The van der Waals surface area contributed by atoms with Gasteiger partial charge < -0.3 is 20.2 Å². The predicted octanol–water partition coefficient (Wildman–Crippen LogP) is 2.82. The van der Waals surface area contributed by atoms with E-state index in [0.717, 1.165) is 16.7 Å². The molecular weight excluding hydrogens is 447 g/mol. The summed E-state index contributed by atoms with van der Waals surface area (Å²) in [4.78, 5) is 32.7. The first-order valence-corrected chi connectivity index (χ1v) is 11.3.